The van der Waals surface area contributed by atoms with Gasteiger partial charge in [0.15, 0.2) is 6.61 Å². The third-order valence-electron chi connectivity index (χ3n) is 2.05. The number of hydrogen-bond acceptors (Lipinski definition) is 2. The number of aliphatic hydroxyl groups excluding tert-OH is 1. The zero-order chi connectivity index (χ0) is 12.2. The molecule has 0 fully saturated rings. The summed E-state index contributed by atoms with van der Waals surface area (Å²) in [4.78, 5) is 0. The lowest BCUT2D eigenvalue weighted by Gasteiger charge is -2.14. The Morgan fingerprint density at radius 3 is 2.56 bits per heavy atom. The van der Waals surface area contributed by atoms with Gasteiger partial charge in [-0.05, 0) is 23.6 Å². The van der Waals surface area contributed by atoms with Crippen LogP contribution in [0.15, 0.2) is 18.2 Å². The number of ether oxygens (including phenoxy) is 1. The first-order valence-electron chi connectivity index (χ1n) is 4.76. The lowest BCUT2D eigenvalue weighted by Crippen LogP contribution is -2.19. The van der Waals surface area contributed by atoms with E-state index in [-0.39, 0.29) is 5.75 Å². The standard InChI is InChI=1S/C11H12F3O2/c1-2-9-8(6-15)4-3-5-10(9)16-7-11(12,13)14/h3-6,15H,2,7H2,1H3. The Morgan fingerprint density at radius 2 is 2.06 bits per heavy atom. The summed E-state index contributed by atoms with van der Waals surface area (Å²) in [5.41, 5.74) is 1.04. The zero-order valence-corrected chi connectivity index (χ0v) is 8.71. The van der Waals surface area contributed by atoms with Crippen molar-refractivity contribution < 1.29 is 23.0 Å². The molecule has 2 nitrogen and oxygen atoms in total. The molecule has 0 heterocycles. The highest BCUT2D eigenvalue weighted by Gasteiger charge is 2.28. The normalized spacial score (nSPS) is 11.6. The average Bonchev–Trinajstić information content (AvgIpc) is 2.24. The minimum atomic E-state index is -4.36. The van der Waals surface area contributed by atoms with Crippen molar-refractivity contribution in [2.45, 2.75) is 19.5 Å². The molecule has 0 aliphatic heterocycles. The van der Waals surface area contributed by atoms with E-state index in [0.717, 1.165) is 6.61 Å². The quantitative estimate of drug-likeness (QED) is 0.865. The smallest absolute Gasteiger partial charge is 0.422 e. The number of alkyl halides is 3. The molecule has 0 bridgehead atoms. The summed E-state index contributed by atoms with van der Waals surface area (Å²) in [6.07, 6.45) is -3.87. The van der Waals surface area contributed by atoms with Crippen LogP contribution in [0.4, 0.5) is 13.2 Å². The predicted molar refractivity (Wildman–Crippen MR) is 52.7 cm³/mol. The second-order valence-electron chi connectivity index (χ2n) is 3.21. The summed E-state index contributed by atoms with van der Waals surface area (Å²) < 4.78 is 40.6. The molecule has 0 amide bonds. The van der Waals surface area contributed by atoms with Crippen molar-refractivity contribution >= 4 is 0 Å². The molecule has 0 unspecified atom stereocenters. The molecule has 1 radical (unpaired) electrons. The predicted octanol–water partition coefficient (Wildman–Crippen LogP) is 3.07. The molecule has 0 aliphatic carbocycles. The number of aliphatic hydroxyl groups is 1. The van der Waals surface area contributed by atoms with Crippen molar-refractivity contribution in [3.05, 3.63) is 35.9 Å². The van der Waals surface area contributed by atoms with Gasteiger partial charge in [0.1, 0.15) is 12.4 Å². The highest BCUT2D eigenvalue weighted by atomic mass is 19.4. The van der Waals surface area contributed by atoms with Gasteiger partial charge in [0.2, 0.25) is 0 Å². The molecule has 5 heteroatoms. The topological polar surface area (TPSA) is 29.5 Å². The number of halogens is 3. The SMILES string of the molecule is CCc1c([CH]O)cccc1OCC(F)(F)F. The van der Waals surface area contributed by atoms with E-state index in [1.165, 1.54) is 12.1 Å². The van der Waals surface area contributed by atoms with Gasteiger partial charge in [-0.25, -0.2) is 0 Å². The number of hydrogen-bond donors (Lipinski definition) is 1. The molecule has 0 saturated heterocycles. The maximum Gasteiger partial charge on any atom is 0.422 e. The van der Waals surface area contributed by atoms with Gasteiger partial charge >= 0.3 is 6.18 Å². The van der Waals surface area contributed by atoms with Crippen LogP contribution in [-0.2, 0) is 6.42 Å². The van der Waals surface area contributed by atoms with Crippen molar-refractivity contribution in [1.29, 1.82) is 0 Å². The number of benzene rings is 1. The molecule has 1 aromatic carbocycles. The van der Waals surface area contributed by atoms with Crippen molar-refractivity contribution in [1.82, 2.24) is 0 Å². The molecule has 0 aromatic heterocycles. The lowest BCUT2D eigenvalue weighted by molar-refractivity contribution is -0.153. The third-order valence-corrected chi connectivity index (χ3v) is 2.05. The van der Waals surface area contributed by atoms with Crippen LogP contribution in [0.25, 0.3) is 0 Å². The van der Waals surface area contributed by atoms with Gasteiger partial charge in [-0.1, -0.05) is 19.1 Å². The van der Waals surface area contributed by atoms with E-state index in [1.807, 2.05) is 0 Å². The van der Waals surface area contributed by atoms with E-state index in [2.05, 4.69) is 4.74 Å². The van der Waals surface area contributed by atoms with E-state index < -0.39 is 12.8 Å². The van der Waals surface area contributed by atoms with Gasteiger partial charge in [-0.3, -0.25) is 0 Å². The van der Waals surface area contributed by atoms with Gasteiger partial charge in [0, 0.05) is 0 Å². The van der Waals surface area contributed by atoms with Crippen LogP contribution in [0.1, 0.15) is 18.1 Å². The summed E-state index contributed by atoms with van der Waals surface area (Å²) in [6, 6.07) is 4.60. The zero-order valence-electron chi connectivity index (χ0n) is 8.71. The van der Waals surface area contributed by atoms with Crippen LogP contribution in [0.2, 0.25) is 0 Å². The Bertz CT molecular complexity index is 348. The molecular formula is C11H12F3O2. The third kappa shape index (κ3) is 3.41. The molecular weight excluding hydrogens is 221 g/mol. The van der Waals surface area contributed by atoms with Crippen LogP contribution in [0, 0.1) is 6.61 Å². The minimum Gasteiger partial charge on any atom is -0.484 e. The van der Waals surface area contributed by atoms with Crippen molar-refractivity contribution in [2.75, 3.05) is 6.61 Å². The summed E-state index contributed by atoms with van der Waals surface area (Å²) in [5.74, 6) is 0.155. The minimum absolute atomic E-state index is 0.155. The lowest BCUT2D eigenvalue weighted by atomic mass is 10.0. The fourth-order valence-corrected chi connectivity index (χ4v) is 1.38. The van der Waals surface area contributed by atoms with Crippen LogP contribution in [0.3, 0.4) is 0 Å². The highest BCUT2D eigenvalue weighted by Crippen LogP contribution is 2.26. The van der Waals surface area contributed by atoms with Crippen molar-refractivity contribution in [3.8, 4) is 5.75 Å². The molecule has 0 aliphatic rings. The second kappa shape index (κ2) is 5.21. The molecule has 0 spiro atoms. The maximum absolute atomic E-state index is 12.0. The Labute approximate surface area is 91.7 Å². The van der Waals surface area contributed by atoms with E-state index in [4.69, 9.17) is 5.11 Å². The average molecular weight is 233 g/mol. The molecule has 89 valence electrons. The highest BCUT2D eigenvalue weighted by molar-refractivity contribution is 5.42. The molecule has 1 rings (SSSR count). The van der Waals surface area contributed by atoms with E-state index >= 15 is 0 Å². The molecule has 1 N–H and O–H groups in total. The van der Waals surface area contributed by atoms with Crippen molar-refractivity contribution in [3.63, 3.8) is 0 Å². The Hall–Kier alpha value is -1.23. The largest absolute Gasteiger partial charge is 0.484 e. The van der Waals surface area contributed by atoms with E-state index in [9.17, 15) is 13.2 Å². The fraction of sp³-hybridized carbons (Fsp3) is 0.364. The van der Waals surface area contributed by atoms with Crippen LogP contribution in [0.5, 0.6) is 5.75 Å². The first kappa shape index (κ1) is 12.8. The van der Waals surface area contributed by atoms with E-state index in [1.54, 1.807) is 13.0 Å². The first-order valence-corrected chi connectivity index (χ1v) is 4.76. The van der Waals surface area contributed by atoms with Crippen LogP contribution < -0.4 is 4.74 Å². The Kier molecular flexibility index (Phi) is 4.18. The Balaban J connectivity index is 2.87. The van der Waals surface area contributed by atoms with Gasteiger partial charge in [0.25, 0.3) is 0 Å². The second-order valence-corrected chi connectivity index (χ2v) is 3.21. The maximum atomic E-state index is 12.0. The van der Waals surface area contributed by atoms with Gasteiger partial charge in [-0.15, -0.1) is 0 Å². The van der Waals surface area contributed by atoms with Gasteiger partial charge < -0.3 is 9.84 Å². The molecule has 1 aromatic rings. The van der Waals surface area contributed by atoms with Gasteiger partial charge in [0.05, 0.1) is 0 Å². The van der Waals surface area contributed by atoms with Crippen LogP contribution in [-0.4, -0.2) is 17.9 Å². The van der Waals surface area contributed by atoms with E-state index in [0.29, 0.717) is 17.5 Å². The monoisotopic (exact) mass is 233 g/mol. The van der Waals surface area contributed by atoms with Crippen LogP contribution >= 0.6 is 0 Å². The summed E-state index contributed by atoms with van der Waals surface area (Å²) in [5, 5.41) is 8.90. The van der Waals surface area contributed by atoms with Crippen molar-refractivity contribution in [2.24, 2.45) is 0 Å². The fourth-order valence-electron chi connectivity index (χ4n) is 1.38. The summed E-state index contributed by atoms with van der Waals surface area (Å²) in [7, 11) is 0. The first-order chi connectivity index (χ1) is 7.48. The molecule has 0 saturated carbocycles. The summed E-state index contributed by atoms with van der Waals surface area (Å²) >= 11 is 0. The molecule has 16 heavy (non-hydrogen) atoms. The Morgan fingerprint density at radius 1 is 1.38 bits per heavy atom. The number of rotatable bonds is 4. The summed E-state index contributed by atoms with van der Waals surface area (Å²) in [6.45, 7) is 1.32. The molecule has 0 atom stereocenters. The van der Waals surface area contributed by atoms with Gasteiger partial charge in [-0.2, -0.15) is 13.2 Å².